The summed E-state index contributed by atoms with van der Waals surface area (Å²) in [5, 5.41) is 11.6. The van der Waals surface area contributed by atoms with Gasteiger partial charge in [-0.05, 0) is 36.5 Å². The largest absolute Gasteiger partial charge is 0.626 e. The number of rotatable bonds is 8. The van der Waals surface area contributed by atoms with Crippen LogP contribution in [0.5, 0.6) is 0 Å². The molecule has 0 bridgehead atoms. The summed E-state index contributed by atoms with van der Waals surface area (Å²) in [4.78, 5) is 47.8. The van der Waals surface area contributed by atoms with Crippen molar-refractivity contribution < 1.29 is 24.2 Å². The summed E-state index contributed by atoms with van der Waals surface area (Å²) in [6.45, 7) is 3.22. The standard InChI is InChI=1S/C19H23N3O5/c1-11-4-5-12(21-8-14-15(9-21)16(14)10-24)7-13(11)19(26)22(27)17(18(20)25)3-2-6-23/h4-7,10,14-17,22H,2-3,8-9H2,1H3,(H2,20,25)/t14-,15+,16?,17?. The van der Waals surface area contributed by atoms with Gasteiger partial charge >= 0.3 is 5.91 Å². The van der Waals surface area contributed by atoms with Gasteiger partial charge in [-0.15, -0.1) is 0 Å². The van der Waals surface area contributed by atoms with Crippen LogP contribution in [0.3, 0.4) is 0 Å². The van der Waals surface area contributed by atoms with Crippen LogP contribution in [0.1, 0.15) is 28.8 Å². The molecule has 8 nitrogen and oxygen atoms in total. The van der Waals surface area contributed by atoms with E-state index in [1.54, 1.807) is 19.1 Å². The molecule has 1 aliphatic heterocycles. The molecule has 1 saturated heterocycles. The summed E-state index contributed by atoms with van der Waals surface area (Å²) < 4.78 is 0. The van der Waals surface area contributed by atoms with E-state index in [4.69, 9.17) is 5.73 Å². The molecule has 3 unspecified atom stereocenters. The Morgan fingerprint density at radius 2 is 2.00 bits per heavy atom. The second kappa shape index (κ2) is 7.58. The average molecular weight is 373 g/mol. The predicted octanol–water partition coefficient (Wildman–Crippen LogP) is -0.768. The number of hydrogen-bond donors (Lipinski definition) is 2. The second-order valence-corrected chi connectivity index (χ2v) is 7.34. The zero-order valence-corrected chi connectivity index (χ0v) is 15.1. The Bertz CT molecular complexity index is 769. The molecule has 27 heavy (non-hydrogen) atoms. The molecule has 2 amide bonds. The van der Waals surface area contributed by atoms with Crippen molar-refractivity contribution in [3.8, 4) is 0 Å². The summed E-state index contributed by atoms with van der Waals surface area (Å²) in [5.74, 6) is -0.787. The number of primary amides is 1. The van der Waals surface area contributed by atoms with E-state index in [0.717, 1.165) is 25.1 Å². The number of aryl methyl sites for hydroxylation is 1. The van der Waals surface area contributed by atoms with Crippen LogP contribution < -0.4 is 15.7 Å². The number of piperidine rings is 1. The Balaban J connectivity index is 1.77. The van der Waals surface area contributed by atoms with Gasteiger partial charge in [0.1, 0.15) is 12.6 Å². The molecular weight excluding hydrogens is 350 g/mol. The van der Waals surface area contributed by atoms with Gasteiger partial charge in [-0.2, -0.15) is 0 Å². The van der Waals surface area contributed by atoms with Gasteiger partial charge in [0.2, 0.25) is 0 Å². The molecular formula is C19H23N3O5. The molecule has 0 radical (unpaired) electrons. The molecule has 2 aliphatic rings. The number of hydroxylamine groups is 2. The van der Waals surface area contributed by atoms with Crippen LogP contribution in [0, 0.1) is 29.9 Å². The van der Waals surface area contributed by atoms with E-state index in [0.29, 0.717) is 23.7 Å². The minimum Gasteiger partial charge on any atom is -0.626 e. The van der Waals surface area contributed by atoms with E-state index >= 15 is 0 Å². The Morgan fingerprint density at radius 3 is 2.56 bits per heavy atom. The quantitative estimate of drug-likeness (QED) is 0.455. The second-order valence-electron chi connectivity index (χ2n) is 7.34. The average Bonchev–Trinajstić information content (AvgIpc) is 3.12. The first kappa shape index (κ1) is 19.2. The lowest BCUT2D eigenvalue weighted by atomic mass is 10.0. The fourth-order valence-electron chi connectivity index (χ4n) is 3.96. The van der Waals surface area contributed by atoms with Crippen LogP contribution >= 0.6 is 0 Å². The fraction of sp³-hybridized carbons (Fsp3) is 0.474. The minimum atomic E-state index is -1.29. The zero-order chi connectivity index (χ0) is 19.7. The summed E-state index contributed by atoms with van der Waals surface area (Å²) >= 11 is 0. The molecule has 0 aromatic heterocycles. The zero-order valence-electron chi connectivity index (χ0n) is 15.1. The first-order valence-electron chi connectivity index (χ1n) is 9.01. The van der Waals surface area contributed by atoms with Crippen molar-refractivity contribution in [2.24, 2.45) is 23.5 Å². The van der Waals surface area contributed by atoms with Crippen molar-refractivity contribution in [3.63, 3.8) is 0 Å². The Kier molecular flexibility index (Phi) is 5.38. The number of quaternary nitrogens is 1. The van der Waals surface area contributed by atoms with E-state index in [9.17, 15) is 24.4 Å². The molecule has 3 rings (SSSR count). The number of nitrogens with one attached hydrogen (secondary N) is 1. The molecule has 1 aromatic carbocycles. The Hall–Kier alpha value is -2.58. The normalized spacial score (nSPS) is 25.4. The lowest BCUT2D eigenvalue weighted by Gasteiger charge is -2.28. The van der Waals surface area contributed by atoms with E-state index in [2.05, 4.69) is 4.90 Å². The maximum absolute atomic E-state index is 12.7. The van der Waals surface area contributed by atoms with E-state index in [-0.39, 0.29) is 24.3 Å². The van der Waals surface area contributed by atoms with Crippen LogP contribution in [0.25, 0.3) is 0 Å². The van der Waals surface area contributed by atoms with Gasteiger partial charge < -0.3 is 25.4 Å². The van der Waals surface area contributed by atoms with E-state index in [1.165, 1.54) is 0 Å². The number of nitrogens with two attached hydrogens (primary N) is 1. The van der Waals surface area contributed by atoms with Crippen LogP contribution in [0.15, 0.2) is 18.2 Å². The minimum absolute atomic E-state index is 0.0138. The smallest absolute Gasteiger partial charge is 0.345 e. The number of carbonyl (C=O) groups excluding carboxylic acids is 4. The molecule has 144 valence electrons. The number of carbonyl (C=O) groups is 4. The molecule has 2 fully saturated rings. The first-order valence-corrected chi connectivity index (χ1v) is 9.01. The summed E-state index contributed by atoms with van der Waals surface area (Å²) in [6, 6.07) is 4.02. The highest BCUT2D eigenvalue weighted by Gasteiger charge is 2.55. The summed E-state index contributed by atoms with van der Waals surface area (Å²) in [7, 11) is 0. The topological polar surface area (TPSA) is 125 Å². The van der Waals surface area contributed by atoms with Gasteiger partial charge in [0.15, 0.2) is 6.04 Å². The van der Waals surface area contributed by atoms with Crippen LogP contribution in [-0.2, 0) is 14.4 Å². The highest BCUT2D eigenvalue weighted by atomic mass is 16.5. The van der Waals surface area contributed by atoms with E-state index < -0.39 is 22.9 Å². The predicted molar refractivity (Wildman–Crippen MR) is 96.9 cm³/mol. The third-order valence-corrected chi connectivity index (χ3v) is 5.71. The van der Waals surface area contributed by atoms with Crippen molar-refractivity contribution in [1.82, 2.24) is 0 Å². The summed E-state index contributed by atoms with van der Waals surface area (Å²) in [5.41, 5.74) is 6.93. The first-order chi connectivity index (χ1) is 12.9. The molecule has 3 N–H and O–H groups in total. The van der Waals surface area contributed by atoms with Crippen LogP contribution in [-0.4, -0.2) is 43.5 Å². The van der Waals surface area contributed by atoms with Gasteiger partial charge in [-0.1, -0.05) is 6.07 Å². The van der Waals surface area contributed by atoms with Gasteiger partial charge in [-0.3, -0.25) is 9.86 Å². The molecule has 1 saturated carbocycles. The Labute approximate surface area is 156 Å². The molecule has 5 atom stereocenters. The number of hydrogen-bond acceptors (Lipinski definition) is 6. The third-order valence-electron chi connectivity index (χ3n) is 5.71. The van der Waals surface area contributed by atoms with Crippen LogP contribution in [0.4, 0.5) is 5.69 Å². The highest BCUT2D eigenvalue weighted by molar-refractivity contribution is 5.92. The van der Waals surface area contributed by atoms with Crippen LogP contribution in [0.2, 0.25) is 0 Å². The van der Waals surface area contributed by atoms with Crippen molar-refractivity contribution in [2.45, 2.75) is 25.8 Å². The van der Waals surface area contributed by atoms with Crippen molar-refractivity contribution in [2.75, 3.05) is 18.0 Å². The molecule has 1 heterocycles. The fourth-order valence-corrected chi connectivity index (χ4v) is 3.96. The van der Waals surface area contributed by atoms with Gasteiger partial charge in [0, 0.05) is 37.5 Å². The lowest BCUT2D eigenvalue weighted by molar-refractivity contribution is -0.777. The van der Waals surface area contributed by atoms with Crippen molar-refractivity contribution >= 4 is 30.1 Å². The van der Waals surface area contributed by atoms with E-state index in [1.807, 2.05) is 6.07 Å². The van der Waals surface area contributed by atoms with Gasteiger partial charge in [-0.25, -0.2) is 4.79 Å². The maximum Gasteiger partial charge on any atom is 0.345 e. The number of nitrogens with zero attached hydrogens (tertiary/aromatic N) is 1. The van der Waals surface area contributed by atoms with Crippen molar-refractivity contribution in [3.05, 3.63) is 34.5 Å². The van der Waals surface area contributed by atoms with Crippen molar-refractivity contribution in [1.29, 1.82) is 0 Å². The molecule has 1 aliphatic carbocycles. The summed E-state index contributed by atoms with van der Waals surface area (Å²) in [6.07, 6.45) is 1.52. The molecule has 8 heteroatoms. The number of anilines is 1. The number of fused-ring (bicyclic) bond motifs is 1. The number of amides is 2. The number of aldehydes is 2. The van der Waals surface area contributed by atoms with Gasteiger partial charge in [0.05, 0.1) is 5.56 Å². The Morgan fingerprint density at radius 1 is 1.33 bits per heavy atom. The third kappa shape index (κ3) is 3.63. The van der Waals surface area contributed by atoms with Gasteiger partial charge in [0.25, 0.3) is 5.91 Å². The number of benzene rings is 1. The molecule has 1 aromatic rings. The molecule has 0 spiro atoms. The lowest BCUT2D eigenvalue weighted by Crippen LogP contribution is -3.15. The monoisotopic (exact) mass is 373 g/mol. The SMILES string of the molecule is Cc1ccc(N2C[C@@H]3C(C=O)[C@@H]3C2)cc1C(=O)[NH+]([O-])C(CCC=O)C(N)=O. The maximum atomic E-state index is 12.7. The highest BCUT2D eigenvalue weighted by Crippen LogP contribution is 2.51.